The predicted molar refractivity (Wildman–Crippen MR) is 53.0 cm³/mol. The summed E-state index contributed by atoms with van der Waals surface area (Å²) in [6.07, 6.45) is 4.50. The van der Waals surface area contributed by atoms with Crippen LogP contribution in [0, 0.1) is 20.3 Å². The lowest BCUT2D eigenvalue weighted by molar-refractivity contribution is 1.33. The van der Waals surface area contributed by atoms with E-state index in [1.54, 1.807) is 0 Å². The molecule has 0 unspecified atom stereocenters. The first-order chi connectivity index (χ1) is 5.66. The highest BCUT2D eigenvalue weighted by Crippen LogP contribution is 2.29. The van der Waals surface area contributed by atoms with Crippen molar-refractivity contribution in [2.45, 2.75) is 20.8 Å². The van der Waals surface area contributed by atoms with E-state index in [0.717, 1.165) is 0 Å². The van der Waals surface area contributed by atoms with Crippen LogP contribution in [0.15, 0.2) is 17.7 Å². The van der Waals surface area contributed by atoms with Crippen LogP contribution in [0.2, 0.25) is 0 Å². The van der Waals surface area contributed by atoms with Crippen molar-refractivity contribution in [2.75, 3.05) is 0 Å². The number of hydrogen-bond acceptors (Lipinski definition) is 0. The van der Waals surface area contributed by atoms with E-state index in [1.165, 1.54) is 27.8 Å². The lowest BCUT2D eigenvalue weighted by atomic mass is 10.0. The molecule has 0 amide bonds. The zero-order valence-electron chi connectivity index (χ0n) is 7.81. The summed E-state index contributed by atoms with van der Waals surface area (Å²) in [6, 6.07) is 4.48. The van der Waals surface area contributed by atoms with Crippen molar-refractivity contribution in [3.63, 3.8) is 0 Å². The van der Waals surface area contributed by atoms with Crippen LogP contribution in [0.1, 0.15) is 29.2 Å². The standard InChI is InChI=1S/C12H13/c1-8-4-10(3)12-7-9(2)6-11(12)5-8/h4-7H,1-3H3. The molecule has 0 fully saturated rings. The van der Waals surface area contributed by atoms with E-state index in [9.17, 15) is 0 Å². The molecule has 1 aromatic carbocycles. The van der Waals surface area contributed by atoms with Gasteiger partial charge in [-0.15, -0.1) is 0 Å². The predicted octanol–water partition coefficient (Wildman–Crippen LogP) is 3.27. The maximum Gasteiger partial charge on any atom is 0.0161 e. The van der Waals surface area contributed by atoms with Gasteiger partial charge in [0.1, 0.15) is 0 Å². The first-order valence-corrected chi connectivity index (χ1v) is 4.31. The number of benzene rings is 1. The van der Waals surface area contributed by atoms with E-state index in [1.807, 2.05) is 0 Å². The molecular weight excluding hydrogens is 144 g/mol. The maximum absolute atomic E-state index is 2.25. The number of allylic oxidation sites excluding steroid dienone is 1. The van der Waals surface area contributed by atoms with Crippen molar-refractivity contribution in [3.8, 4) is 0 Å². The molecule has 0 aliphatic heterocycles. The summed E-state index contributed by atoms with van der Waals surface area (Å²) in [6.45, 7) is 6.47. The normalized spacial score (nSPS) is 14.4. The molecule has 61 valence electrons. The van der Waals surface area contributed by atoms with Crippen molar-refractivity contribution in [2.24, 2.45) is 0 Å². The molecule has 1 aliphatic rings. The summed E-state index contributed by atoms with van der Waals surface area (Å²) in [5, 5.41) is 0. The van der Waals surface area contributed by atoms with E-state index < -0.39 is 0 Å². The molecule has 12 heavy (non-hydrogen) atoms. The monoisotopic (exact) mass is 157 g/mol. The molecule has 1 aliphatic carbocycles. The van der Waals surface area contributed by atoms with Gasteiger partial charge in [-0.25, -0.2) is 0 Å². The maximum atomic E-state index is 2.25. The second kappa shape index (κ2) is 2.48. The molecule has 0 nitrogen and oxygen atoms in total. The third-order valence-electron chi connectivity index (χ3n) is 2.32. The quantitative estimate of drug-likeness (QED) is 0.542. The average Bonchev–Trinajstić information content (AvgIpc) is 2.29. The van der Waals surface area contributed by atoms with Gasteiger partial charge in [-0.1, -0.05) is 29.3 Å². The summed E-state index contributed by atoms with van der Waals surface area (Å²) in [5.74, 6) is 0. The Morgan fingerprint density at radius 2 is 1.75 bits per heavy atom. The summed E-state index contributed by atoms with van der Waals surface area (Å²) >= 11 is 0. The molecule has 0 heteroatoms. The molecule has 0 spiro atoms. The van der Waals surface area contributed by atoms with Crippen LogP contribution < -0.4 is 0 Å². The van der Waals surface area contributed by atoms with E-state index in [0.29, 0.717) is 0 Å². The van der Waals surface area contributed by atoms with Crippen LogP contribution in [0.3, 0.4) is 0 Å². The Morgan fingerprint density at radius 3 is 2.50 bits per heavy atom. The minimum absolute atomic E-state index is 1.35. The Balaban J connectivity index is 2.62. The van der Waals surface area contributed by atoms with Crippen LogP contribution in [0.25, 0.3) is 6.08 Å². The SMILES string of the molecule is CC1=Cc2c(C)cc(C)cc2[CH]1. The second-order valence-electron chi connectivity index (χ2n) is 3.62. The van der Waals surface area contributed by atoms with E-state index >= 15 is 0 Å². The minimum atomic E-state index is 1.35. The zero-order valence-corrected chi connectivity index (χ0v) is 7.81. The lowest BCUT2D eigenvalue weighted by Gasteiger charge is -2.04. The molecule has 0 saturated carbocycles. The van der Waals surface area contributed by atoms with Crippen LogP contribution >= 0.6 is 0 Å². The van der Waals surface area contributed by atoms with E-state index in [2.05, 4.69) is 45.4 Å². The Kier molecular flexibility index (Phi) is 1.57. The van der Waals surface area contributed by atoms with Crippen LogP contribution in [-0.2, 0) is 0 Å². The Labute approximate surface area is 73.9 Å². The molecule has 1 aromatic rings. The van der Waals surface area contributed by atoms with Gasteiger partial charge in [0.15, 0.2) is 0 Å². The smallest absolute Gasteiger partial charge is 0.0161 e. The second-order valence-corrected chi connectivity index (χ2v) is 3.62. The van der Waals surface area contributed by atoms with Gasteiger partial charge in [-0.3, -0.25) is 0 Å². The molecule has 2 rings (SSSR count). The zero-order chi connectivity index (χ0) is 8.72. The topological polar surface area (TPSA) is 0 Å². The first kappa shape index (κ1) is 7.60. The van der Waals surface area contributed by atoms with Gasteiger partial charge in [0.05, 0.1) is 0 Å². The van der Waals surface area contributed by atoms with Gasteiger partial charge < -0.3 is 0 Å². The third-order valence-corrected chi connectivity index (χ3v) is 2.32. The Bertz CT molecular complexity index is 357. The van der Waals surface area contributed by atoms with Gasteiger partial charge in [-0.2, -0.15) is 0 Å². The van der Waals surface area contributed by atoms with Gasteiger partial charge in [0, 0.05) is 6.42 Å². The Hall–Kier alpha value is -1.04. The fraction of sp³-hybridized carbons (Fsp3) is 0.250. The third kappa shape index (κ3) is 1.08. The number of hydrogen-bond donors (Lipinski definition) is 0. The fourth-order valence-corrected chi connectivity index (χ4v) is 1.84. The van der Waals surface area contributed by atoms with E-state index in [-0.39, 0.29) is 0 Å². The number of fused-ring (bicyclic) bond motifs is 1. The summed E-state index contributed by atoms with van der Waals surface area (Å²) < 4.78 is 0. The highest BCUT2D eigenvalue weighted by molar-refractivity contribution is 5.71. The first-order valence-electron chi connectivity index (χ1n) is 4.31. The van der Waals surface area contributed by atoms with Crippen molar-refractivity contribution in [1.29, 1.82) is 0 Å². The molecule has 0 heterocycles. The summed E-state index contributed by atoms with van der Waals surface area (Å²) in [4.78, 5) is 0. The Morgan fingerprint density at radius 1 is 1.00 bits per heavy atom. The molecule has 0 aromatic heterocycles. The highest BCUT2D eigenvalue weighted by Gasteiger charge is 2.11. The van der Waals surface area contributed by atoms with E-state index in [4.69, 9.17) is 0 Å². The van der Waals surface area contributed by atoms with Gasteiger partial charge in [0.2, 0.25) is 0 Å². The summed E-state index contributed by atoms with van der Waals surface area (Å²) in [5.41, 5.74) is 6.88. The molecule has 0 bridgehead atoms. The summed E-state index contributed by atoms with van der Waals surface area (Å²) in [7, 11) is 0. The molecule has 0 atom stereocenters. The van der Waals surface area contributed by atoms with Crippen molar-refractivity contribution >= 4 is 6.08 Å². The fourth-order valence-electron chi connectivity index (χ4n) is 1.84. The number of rotatable bonds is 0. The lowest BCUT2D eigenvalue weighted by Crippen LogP contribution is -1.86. The largest absolute Gasteiger partial charge is 0.0643 e. The van der Waals surface area contributed by atoms with Crippen molar-refractivity contribution in [1.82, 2.24) is 0 Å². The minimum Gasteiger partial charge on any atom is -0.0643 e. The molecule has 1 radical (unpaired) electrons. The molecular formula is C12H13. The average molecular weight is 157 g/mol. The van der Waals surface area contributed by atoms with Crippen molar-refractivity contribution < 1.29 is 0 Å². The van der Waals surface area contributed by atoms with Crippen LogP contribution in [0.4, 0.5) is 0 Å². The molecule has 0 saturated heterocycles. The van der Waals surface area contributed by atoms with Gasteiger partial charge in [-0.05, 0) is 37.5 Å². The van der Waals surface area contributed by atoms with Crippen molar-refractivity contribution in [3.05, 3.63) is 46.4 Å². The van der Waals surface area contributed by atoms with Gasteiger partial charge >= 0.3 is 0 Å². The molecule has 0 N–H and O–H groups in total. The number of aryl methyl sites for hydroxylation is 2. The van der Waals surface area contributed by atoms with Crippen LogP contribution in [0.5, 0.6) is 0 Å². The highest BCUT2D eigenvalue weighted by atomic mass is 14.2. The van der Waals surface area contributed by atoms with Gasteiger partial charge in [0.25, 0.3) is 0 Å². The van der Waals surface area contributed by atoms with Crippen LogP contribution in [-0.4, -0.2) is 0 Å².